The van der Waals surface area contributed by atoms with Crippen LogP contribution < -0.4 is 5.32 Å². The number of nitrogens with one attached hydrogen (secondary N) is 1. The summed E-state index contributed by atoms with van der Waals surface area (Å²) in [6.07, 6.45) is 3.98. The number of allylic oxidation sites excluding steroid dienone is 1. The number of alkyl carbamates (subject to hydrolysis) is 1. The standard InChI is InChI=1S/C15H24N2O2/c1-5-6-7-8-11(2)13-12(9-16)15(3,4)10-19-14(18)17-13/h11H,5-8,10H2,1-4H3,(H,17,18). The molecule has 0 aromatic rings. The number of hydrogen-bond acceptors (Lipinski definition) is 3. The van der Waals surface area contributed by atoms with Crippen LogP contribution in [0.25, 0.3) is 0 Å². The molecular formula is C15H24N2O2. The van der Waals surface area contributed by atoms with Gasteiger partial charge in [-0.3, -0.25) is 5.32 Å². The lowest BCUT2D eigenvalue weighted by atomic mass is 9.81. The van der Waals surface area contributed by atoms with Crippen molar-refractivity contribution in [3.63, 3.8) is 0 Å². The zero-order valence-electron chi connectivity index (χ0n) is 12.4. The van der Waals surface area contributed by atoms with E-state index in [1.807, 2.05) is 13.8 Å². The van der Waals surface area contributed by atoms with Gasteiger partial charge in [0.2, 0.25) is 0 Å². The third-order valence-electron chi connectivity index (χ3n) is 3.59. The first-order chi connectivity index (χ1) is 8.92. The normalized spacial score (nSPS) is 20.1. The predicted molar refractivity (Wildman–Crippen MR) is 74.2 cm³/mol. The van der Waals surface area contributed by atoms with E-state index in [9.17, 15) is 10.1 Å². The Kier molecular flexibility index (Phi) is 5.41. The average molecular weight is 264 g/mol. The van der Waals surface area contributed by atoms with Crippen molar-refractivity contribution in [2.75, 3.05) is 6.61 Å². The number of ether oxygens (including phenoxy) is 1. The van der Waals surface area contributed by atoms with Crippen LogP contribution in [0.15, 0.2) is 11.3 Å². The van der Waals surface area contributed by atoms with Crippen molar-refractivity contribution in [1.82, 2.24) is 5.32 Å². The van der Waals surface area contributed by atoms with Gasteiger partial charge in [0.25, 0.3) is 0 Å². The van der Waals surface area contributed by atoms with Gasteiger partial charge in [-0.1, -0.05) is 47.0 Å². The fourth-order valence-corrected chi connectivity index (χ4v) is 2.32. The summed E-state index contributed by atoms with van der Waals surface area (Å²) in [5.74, 6) is 0.172. The summed E-state index contributed by atoms with van der Waals surface area (Å²) >= 11 is 0. The third kappa shape index (κ3) is 3.99. The molecule has 1 aliphatic heterocycles. The molecule has 0 spiro atoms. The molecule has 1 atom stereocenters. The van der Waals surface area contributed by atoms with Gasteiger partial charge in [-0.05, 0) is 12.3 Å². The van der Waals surface area contributed by atoms with Gasteiger partial charge in [-0.2, -0.15) is 5.26 Å². The molecule has 0 aromatic carbocycles. The van der Waals surface area contributed by atoms with E-state index in [2.05, 4.69) is 25.2 Å². The Morgan fingerprint density at radius 3 is 2.74 bits per heavy atom. The lowest BCUT2D eigenvalue weighted by Gasteiger charge is -2.23. The van der Waals surface area contributed by atoms with E-state index < -0.39 is 11.5 Å². The second kappa shape index (κ2) is 6.60. The van der Waals surface area contributed by atoms with Gasteiger partial charge in [-0.25, -0.2) is 4.79 Å². The van der Waals surface area contributed by atoms with Crippen LogP contribution in [0.4, 0.5) is 4.79 Å². The molecule has 0 saturated heterocycles. The van der Waals surface area contributed by atoms with Crippen molar-refractivity contribution in [2.45, 2.75) is 53.4 Å². The van der Waals surface area contributed by atoms with Crippen molar-refractivity contribution >= 4 is 6.09 Å². The molecule has 4 heteroatoms. The van der Waals surface area contributed by atoms with Crippen molar-refractivity contribution in [1.29, 1.82) is 5.26 Å². The Morgan fingerprint density at radius 1 is 1.47 bits per heavy atom. The maximum Gasteiger partial charge on any atom is 0.411 e. The van der Waals surface area contributed by atoms with Gasteiger partial charge in [0, 0.05) is 11.1 Å². The number of amides is 1. The summed E-state index contributed by atoms with van der Waals surface area (Å²) < 4.78 is 5.11. The van der Waals surface area contributed by atoms with E-state index >= 15 is 0 Å². The Balaban J connectivity index is 2.98. The topological polar surface area (TPSA) is 62.1 Å². The molecule has 4 nitrogen and oxygen atoms in total. The van der Waals surface area contributed by atoms with Crippen LogP contribution >= 0.6 is 0 Å². The molecular weight excluding hydrogens is 240 g/mol. The lowest BCUT2D eigenvalue weighted by molar-refractivity contribution is 0.121. The number of carbonyl (C=O) groups is 1. The summed E-state index contributed by atoms with van der Waals surface area (Å²) in [5.41, 5.74) is 0.955. The molecule has 106 valence electrons. The van der Waals surface area contributed by atoms with Crippen LogP contribution in [-0.2, 0) is 4.74 Å². The minimum Gasteiger partial charge on any atom is -0.448 e. The molecule has 19 heavy (non-hydrogen) atoms. The molecule has 1 rings (SSSR count). The van der Waals surface area contributed by atoms with Gasteiger partial charge in [0.1, 0.15) is 6.61 Å². The highest BCUT2D eigenvalue weighted by atomic mass is 16.5. The summed E-state index contributed by atoms with van der Waals surface area (Å²) in [7, 11) is 0. The number of carbonyl (C=O) groups excluding carboxylic acids is 1. The van der Waals surface area contributed by atoms with Crippen molar-refractivity contribution < 1.29 is 9.53 Å². The number of unbranched alkanes of at least 4 members (excludes halogenated alkanes) is 2. The molecule has 1 unspecified atom stereocenters. The first-order valence-corrected chi connectivity index (χ1v) is 7.01. The molecule has 0 bridgehead atoms. The van der Waals surface area contributed by atoms with Gasteiger partial charge in [-0.15, -0.1) is 0 Å². The summed E-state index contributed by atoms with van der Waals surface area (Å²) in [6, 6.07) is 2.26. The minimum atomic E-state index is -0.448. The Hall–Kier alpha value is -1.50. The molecule has 1 amide bonds. The van der Waals surface area contributed by atoms with Crippen molar-refractivity contribution in [3.8, 4) is 6.07 Å². The molecule has 0 saturated carbocycles. The van der Waals surface area contributed by atoms with Crippen molar-refractivity contribution in [3.05, 3.63) is 11.3 Å². The fourth-order valence-electron chi connectivity index (χ4n) is 2.32. The van der Waals surface area contributed by atoms with Crippen molar-refractivity contribution in [2.24, 2.45) is 11.3 Å². The van der Waals surface area contributed by atoms with Crippen LogP contribution in [-0.4, -0.2) is 12.7 Å². The average Bonchev–Trinajstić information content (AvgIpc) is 2.46. The van der Waals surface area contributed by atoms with Gasteiger partial charge in [0.15, 0.2) is 0 Å². The smallest absolute Gasteiger partial charge is 0.411 e. The van der Waals surface area contributed by atoms with E-state index in [1.165, 1.54) is 6.42 Å². The highest BCUT2D eigenvalue weighted by molar-refractivity contribution is 5.71. The first kappa shape index (κ1) is 15.6. The quantitative estimate of drug-likeness (QED) is 0.769. The van der Waals surface area contributed by atoms with Crippen LogP contribution in [0.3, 0.4) is 0 Å². The van der Waals surface area contributed by atoms with Crippen LogP contribution in [0, 0.1) is 22.7 Å². The maximum atomic E-state index is 11.6. The van der Waals surface area contributed by atoms with Gasteiger partial charge < -0.3 is 4.74 Å². The fraction of sp³-hybridized carbons (Fsp3) is 0.733. The molecule has 0 fully saturated rings. The van der Waals surface area contributed by atoms with E-state index in [0.717, 1.165) is 25.0 Å². The maximum absolute atomic E-state index is 11.6. The number of cyclic esters (lactones) is 1. The number of nitrogens with zero attached hydrogens (tertiary/aromatic N) is 1. The molecule has 0 aromatic heterocycles. The third-order valence-corrected chi connectivity index (χ3v) is 3.59. The SMILES string of the molecule is CCCCCC(C)C1=C(C#N)C(C)(C)COC(=O)N1. The molecule has 1 aliphatic rings. The Bertz CT molecular complexity index is 405. The molecule has 0 radical (unpaired) electrons. The number of hydrogen-bond donors (Lipinski definition) is 1. The molecule has 1 N–H and O–H groups in total. The number of nitriles is 1. The largest absolute Gasteiger partial charge is 0.448 e. The predicted octanol–water partition coefficient (Wildman–Crippen LogP) is 3.75. The Labute approximate surface area is 115 Å². The molecule has 1 heterocycles. The lowest BCUT2D eigenvalue weighted by Crippen LogP contribution is -2.26. The van der Waals surface area contributed by atoms with E-state index in [4.69, 9.17) is 4.74 Å². The van der Waals surface area contributed by atoms with E-state index in [-0.39, 0.29) is 12.5 Å². The highest BCUT2D eigenvalue weighted by Crippen LogP contribution is 2.33. The zero-order valence-corrected chi connectivity index (χ0v) is 12.4. The second-order valence-electron chi connectivity index (χ2n) is 5.88. The summed E-state index contributed by atoms with van der Waals surface area (Å²) in [6.45, 7) is 8.33. The molecule has 0 aliphatic carbocycles. The first-order valence-electron chi connectivity index (χ1n) is 7.01. The monoisotopic (exact) mass is 264 g/mol. The van der Waals surface area contributed by atoms with Crippen LogP contribution in [0.2, 0.25) is 0 Å². The zero-order chi connectivity index (χ0) is 14.5. The Morgan fingerprint density at radius 2 is 2.16 bits per heavy atom. The van der Waals surface area contributed by atoms with Gasteiger partial charge >= 0.3 is 6.09 Å². The highest BCUT2D eigenvalue weighted by Gasteiger charge is 2.33. The number of rotatable bonds is 5. The summed E-state index contributed by atoms with van der Waals surface area (Å²) in [4.78, 5) is 11.6. The van der Waals surface area contributed by atoms with E-state index in [0.29, 0.717) is 5.57 Å². The second-order valence-corrected chi connectivity index (χ2v) is 5.88. The van der Waals surface area contributed by atoms with Crippen LogP contribution in [0.1, 0.15) is 53.4 Å². The van der Waals surface area contributed by atoms with E-state index in [1.54, 1.807) is 0 Å². The van der Waals surface area contributed by atoms with Crippen LogP contribution in [0.5, 0.6) is 0 Å². The summed E-state index contributed by atoms with van der Waals surface area (Å²) in [5, 5.41) is 12.2. The minimum absolute atomic E-state index is 0.172. The van der Waals surface area contributed by atoms with Gasteiger partial charge in [0.05, 0.1) is 11.6 Å².